The van der Waals surface area contributed by atoms with E-state index >= 15 is 0 Å². The lowest BCUT2D eigenvalue weighted by molar-refractivity contribution is 0.103. The number of nitrogen functional groups attached to an aromatic ring is 1. The van der Waals surface area contributed by atoms with Gasteiger partial charge in [0.05, 0.1) is 40.4 Å². The van der Waals surface area contributed by atoms with Gasteiger partial charge < -0.3 is 10.8 Å². The number of anilines is 1. The molecule has 0 aliphatic heterocycles. The molecule has 3 N–H and O–H groups in total. The van der Waals surface area contributed by atoms with Crippen LogP contribution in [0.5, 0.6) is 0 Å². The average Bonchev–Trinajstić information content (AvgIpc) is 2.89. The largest absolute Gasteiger partial charge is 0.396 e. The molecular formula is C14H23N5OS. The minimum atomic E-state index is -0.493. The van der Waals surface area contributed by atoms with Crippen molar-refractivity contribution in [2.45, 2.75) is 40.0 Å². The molecule has 0 aromatic carbocycles. The Morgan fingerprint density at radius 1 is 1.43 bits per heavy atom. The first-order chi connectivity index (χ1) is 9.86. The number of hydrogen-bond donors (Lipinski definition) is 2. The molecule has 2 rings (SSSR count). The summed E-state index contributed by atoms with van der Waals surface area (Å²) in [5, 5.41) is 17.7. The van der Waals surface area contributed by atoms with E-state index in [9.17, 15) is 5.11 Å². The van der Waals surface area contributed by atoms with Crippen molar-refractivity contribution >= 4 is 17.0 Å². The second-order valence-electron chi connectivity index (χ2n) is 5.48. The Morgan fingerprint density at radius 3 is 2.67 bits per heavy atom. The lowest BCUT2D eigenvalue weighted by atomic mass is 10.3. The predicted molar refractivity (Wildman–Crippen MR) is 85.3 cm³/mol. The van der Waals surface area contributed by atoms with Crippen molar-refractivity contribution in [3.8, 4) is 0 Å². The summed E-state index contributed by atoms with van der Waals surface area (Å²) in [5.41, 5.74) is 9.37. The second kappa shape index (κ2) is 6.55. The third-order valence-electron chi connectivity index (χ3n) is 3.44. The second-order valence-corrected chi connectivity index (χ2v) is 6.54. The van der Waals surface area contributed by atoms with Gasteiger partial charge >= 0.3 is 0 Å². The zero-order valence-corrected chi connectivity index (χ0v) is 13.8. The van der Waals surface area contributed by atoms with E-state index in [1.165, 1.54) is 0 Å². The SMILES string of the molecule is Cc1nc(CN(C)CC(O)Cn2nc(C)c(N)c2C)cs1. The Bertz CT molecular complexity index is 607. The van der Waals surface area contributed by atoms with E-state index in [1.807, 2.05) is 27.8 Å². The van der Waals surface area contributed by atoms with Crippen LogP contribution in [0.1, 0.15) is 22.1 Å². The number of likely N-dealkylation sites (N-methyl/N-ethyl adjacent to an activating group) is 1. The fourth-order valence-electron chi connectivity index (χ4n) is 2.33. The Labute approximate surface area is 129 Å². The summed E-state index contributed by atoms with van der Waals surface area (Å²) < 4.78 is 1.77. The highest BCUT2D eigenvalue weighted by molar-refractivity contribution is 7.09. The maximum Gasteiger partial charge on any atom is 0.0897 e. The third-order valence-corrected chi connectivity index (χ3v) is 4.26. The lowest BCUT2D eigenvalue weighted by Crippen LogP contribution is -2.32. The minimum Gasteiger partial charge on any atom is -0.396 e. The fourth-order valence-corrected chi connectivity index (χ4v) is 2.93. The number of hydrogen-bond acceptors (Lipinski definition) is 6. The molecule has 0 fully saturated rings. The number of aliphatic hydroxyl groups is 1. The van der Waals surface area contributed by atoms with Crippen molar-refractivity contribution in [3.05, 3.63) is 27.5 Å². The van der Waals surface area contributed by atoms with E-state index in [4.69, 9.17) is 5.73 Å². The molecule has 0 aliphatic rings. The molecule has 21 heavy (non-hydrogen) atoms. The molecule has 0 aliphatic carbocycles. The van der Waals surface area contributed by atoms with Crippen LogP contribution in [0.2, 0.25) is 0 Å². The van der Waals surface area contributed by atoms with Crippen LogP contribution < -0.4 is 5.73 Å². The summed E-state index contributed by atoms with van der Waals surface area (Å²) in [5.74, 6) is 0. The van der Waals surface area contributed by atoms with Crippen molar-refractivity contribution in [1.29, 1.82) is 0 Å². The Morgan fingerprint density at radius 2 is 2.14 bits per heavy atom. The molecule has 2 aromatic heterocycles. The number of aromatic nitrogens is 3. The number of aliphatic hydroxyl groups excluding tert-OH is 1. The first kappa shape index (κ1) is 15.9. The summed E-state index contributed by atoms with van der Waals surface area (Å²) in [4.78, 5) is 6.50. The van der Waals surface area contributed by atoms with Gasteiger partial charge in [-0.1, -0.05) is 0 Å². The smallest absolute Gasteiger partial charge is 0.0897 e. The first-order valence-corrected chi connectivity index (χ1v) is 7.82. The van der Waals surface area contributed by atoms with Gasteiger partial charge in [0.2, 0.25) is 0 Å². The number of aryl methyl sites for hydroxylation is 2. The molecule has 2 heterocycles. The van der Waals surface area contributed by atoms with Crippen molar-refractivity contribution < 1.29 is 5.11 Å². The average molecular weight is 309 g/mol. The van der Waals surface area contributed by atoms with Crippen molar-refractivity contribution in [1.82, 2.24) is 19.7 Å². The van der Waals surface area contributed by atoms with Gasteiger partial charge in [0.25, 0.3) is 0 Å². The molecule has 2 aromatic rings. The zero-order valence-electron chi connectivity index (χ0n) is 13.0. The van der Waals surface area contributed by atoms with Gasteiger partial charge in [-0.05, 0) is 27.8 Å². The summed E-state index contributed by atoms with van der Waals surface area (Å²) in [6.07, 6.45) is -0.493. The number of nitrogens with two attached hydrogens (primary N) is 1. The van der Waals surface area contributed by atoms with Crippen LogP contribution in [-0.4, -0.2) is 44.5 Å². The molecule has 0 saturated heterocycles. The summed E-state index contributed by atoms with van der Waals surface area (Å²) in [7, 11) is 1.98. The molecule has 7 heteroatoms. The van der Waals surface area contributed by atoms with Crippen LogP contribution >= 0.6 is 11.3 Å². The monoisotopic (exact) mass is 309 g/mol. The van der Waals surface area contributed by atoms with Crippen LogP contribution in [0, 0.1) is 20.8 Å². The zero-order chi connectivity index (χ0) is 15.6. The van der Waals surface area contributed by atoms with E-state index in [0.29, 0.717) is 18.8 Å². The molecule has 0 bridgehead atoms. The normalized spacial score (nSPS) is 13.0. The van der Waals surface area contributed by atoms with Gasteiger partial charge in [-0.3, -0.25) is 9.58 Å². The van der Waals surface area contributed by atoms with Gasteiger partial charge in [0, 0.05) is 18.5 Å². The predicted octanol–water partition coefficient (Wildman–Crippen LogP) is 1.34. The molecule has 0 spiro atoms. The van der Waals surface area contributed by atoms with Gasteiger partial charge in [0.15, 0.2) is 0 Å². The van der Waals surface area contributed by atoms with Crippen LogP contribution in [0.25, 0.3) is 0 Å². The highest BCUT2D eigenvalue weighted by Gasteiger charge is 2.14. The summed E-state index contributed by atoms with van der Waals surface area (Å²) in [6.45, 7) is 7.54. The van der Waals surface area contributed by atoms with Gasteiger partial charge in [-0.15, -0.1) is 11.3 Å². The van der Waals surface area contributed by atoms with Crippen LogP contribution in [0.4, 0.5) is 5.69 Å². The van der Waals surface area contributed by atoms with Crippen LogP contribution in [0.15, 0.2) is 5.38 Å². The first-order valence-electron chi connectivity index (χ1n) is 6.94. The van der Waals surface area contributed by atoms with Crippen molar-refractivity contribution in [3.63, 3.8) is 0 Å². The fraction of sp³-hybridized carbons (Fsp3) is 0.571. The topological polar surface area (TPSA) is 80.2 Å². The highest BCUT2D eigenvalue weighted by atomic mass is 32.1. The van der Waals surface area contributed by atoms with E-state index in [2.05, 4.69) is 20.4 Å². The van der Waals surface area contributed by atoms with Gasteiger partial charge in [-0.2, -0.15) is 5.10 Å². The maximum atomic E-state index is 10.2. The molecule has 0 saturated carbocycles. The van der Waals surface area contributed by atoms with Crippen molar-refractivity contribution in [2.24, 2.45) is 0 Å². The van der Waals surface area contributed by atoms with Crippen LogP contribution in [0.3, 0.4) is 0 Å². The third kappa shape index (κ3) is 4.03. The number of thiazole rings is 1. The minimum absolute atomic E-state index is 0.449. The van der Waals surface area contributed by atoms with E-state index in [-0.39, 0.29) is 0 Å². The maximum absolute atomic E-state index is 10.2. The van der Waals surface area contributed by atoms with Crippen LogP contribution in [-0.2, 0) is 13.1 Å². The summed E-state index contributed by atoms with van der Waals surface area (Å²) in [6, 6.07) is 0. The number of rotatable bonds is 6. The molecule has 0 amide bonds. The highest BCUT2D eigenvalue weighted by Crippen LogP contribution is 2.15. The molecule has 1 unspecified atom stereocenters. The molecule has 1 atom stereocenters. The van der Waals surface area contributed by atoms with Gasteiger partial charge in [0.1, 0.15) is 0 Å². The Balaban J connectivity index is 1.88. The van der Waals surface area contributed by atoms with E-state index in [1.54, 1.807) is 16.0 Å². The number of nitrogens with zero attached hydrogens (tertiary/aromatic N) is 4. The Kier molecular flexibility index (Phi) is 4.97. The van der Waals surface area contributed by atoms with Gasteiger partial charge in [-0.25, -0.2) is 4.98 Å². The molecule has 116 valence electrons. The Hall–Kier alpha value is -1.44. The summed E-state index contributed by atoms with van der Waals surface area (Å²) >= 11 is 1.65. The molecular weight excluding hydrogens is 286 g/mol. The van der Waals surface area contributed by atoms with E-state index < -0.39 is 6.10 Å². The molecule has 0 radical (unpaired) electrons. The lowest BCUT2D eigenvalue weighted by Gasteiger charge is -2.20. The quantitative estimate of drug-likeness (QED) is 0.842. The molecule has 6 nitrogen and oxygen atoms in total. The standard InChI is InChI=1S/C14H23N5OS/c1-9-14(15)10(2)19(17-9)7-13(20)6-18(4)5-12-8-21-11(3)16-12/h8,13,20H,5-7,15H2,1-4H3. The van der Waals surface area contributed by atoms with Crippen molar-refractivity contribution in [2.75, 3.05) is 19.3 Å². The van der Waals surface area contributed by atoms with E-state index in [0.717, 1.165) is 28.6 Å².